The Hall–Kier alpha value is -2.29. The maximum atomic E-state index is 12.5. The molecule has 2 atom stereocenters. The van der Waals surface area contributed by atoms with Crippen molar-refractivity contribution in [2.75, 3.05) is 0 Å². The van der Waals surface area contributed by atoms with Gasteiger partial charge in [-0.2, -0.15) is 0 Å². The molecule has 0 bridgehead atoms. The topological polar surface area (TPSA) is 38.3 Å². The standard InChI is InChI=1S/C21H27NO2/c1-6-19(18-10-8-7-9-11-18)22-21(23)17(5)24-20-13-14(2)12-15(3)16(20)4/h7-13,17,19H,6H2,1-5H3,(H,22,23)/t17-,19+/m1/s1. The Bertz CT molecular complexity index is 694. The molecule has 0 saturated carbocycles. The van der Waals surface area contributed by atoms with Crippen LogP contribution in [0, 0.1) is 20.8 Å². The molecular formula is C21H27NO2. The van der Waals surface area contributed by atoms with Gasteiger partial charge >= 0.3 is 0 Å². The fourth-order valence-electron chi connectivity index (χ4n) is 2.76. The second kappa shape index (κ2) is 8.00. The molecule has 0 aliphatic heterocycles. The van der Waals surface area contributed by atoms with Gasteiger partial charge in [-0.05, 0) is 62.4 Å². The van der Waals surface area contributed by atoms with Gasteiger partial charge in [0, 0.05) is 0 Å². The molecule has 3 nitrogen and oxygen atoms in total. The number of aryl methyl sites for hydroxylation is 2. The van der Waals surface area contributed by atoms with E-state index >= 15 is 0 Å². The third kappa shape index (κ3) is 4.38. The fraction of sp³-hybridized carbons (Fsp3) is 0.381. The molecule has 0 unspecified atom stereocenters. The summed E-state index contributed by atoms with van der Waals surface area (Å²) < 4.78 is 5.94. The number of rotatable bonds is 6. The lowest BCUT2D eigenvalue weighted by Gasteiger charge is -2.22. The first-order chi connectivity index (χ1) is 11.4. The van der Waals surface area contributed by atoms with E-state index in [0.717, 1.165) is 28.9 Å². The number of carbonyl (C=O) groups is 1. The third-order valence-electron chi connectivity index (χ3n) is 4.36. The molecule has 24 heavy (non-hydrogen) atoms. The molecule has 2 aromatic rings. The summed E-state index contributed by atoms with van der Waals surface area (Å²) in [4.78, 5) is 12.5. The van der Waals surface area contributed by atoms with Crippen molar-refractivity contribution in [1.29, 1.82) is 0 Å². The molecular weight excluding hydrogens is 298 g/mol. The van der Waals surface area contributed by atoms with Crippen molar-refractivity contribution >= 4 is 5.91 Å². The molecule has 0 fully saturated rings. The van der Waals surface area contributed by atoms with Crippen molar-refractivity contribution in [3.8, 4) is 5.75 Å². The van der Waals surface area contributed by atoms with Crippen molar-refractivity contribution < 1.29 is 9.53 Å². The summed E-state index contributed by atoms with van der Waals surface area (Å²) in [6, 6.07) is 14.1. The van der Waals surface area contributed by atoms with E-state index in [1.165, 1.54) is 5.56 Å². The average Bonchev–Trinajstić information content (AvgIpc) is 2.57. The van der Waals surface area contributed by atoms with Gasteiger partial charge in [-0.1, -0.05) is 43.3 Å². The predicted molar refractivity (Wildman–Crippen MR) is 98.4 cm³/mol. The van der Waals surface area contributed by atoms with Gasteiger partial charge in [0.2, 0.25) is 0 Å². The number of benzene rings is 2. The SMILES string of the molecule is CC[C@H](NC(=O)[C@@H](C)Oc1cc(C)cc(C)c1C)c1ccccc1. The molecule has 1 N–H and O–H groups in total. The number of nitrogens with one attached hydrogen (secondary N) is 1. The van der Waals surface area contributed by atoms with Crippen LogP contribution in [0.3, 0.4) is 0 Å². The largest absolute Gasteiger partial charge is 0.481 e. The highest BCUT2D eigenvalue weighted by Crippen LogP contribution is 2.24. The Morgan fingerprint density at radius 3 is 2.42 bits per heavy atom. The average molecular weight is 325 g/mol. The zero-order valence-corrected chi connectivity index (χ0v) is 15.2. The Labute approximate surface area is 145 Å². The Balaban J connectivity index is 2.07. The van der Waals surface area contributed by atoms with Gasteiger partial charge in [-0.15, -0.1) is 0 Å². The number of hydrogen-bond donors (Lipinski definition) is 1. The van der Waals surface area contributed by atoms with Crippen LogP contribution in [0.2, 0.25) is 0 Å². The number of hydrogen-bond acceptors (Lipinski definition) is 2. The molecule has 2 aromatic carbocycles. The molecule has 0 radical (unpaired) electrons. The fourth-order valence-corrected chi connectivity index (χ4v) is 2.76. The zero-order valence-electron chi connectivity index (χ0n) is 15.2. The van der Waals surface area contributed by atoms with Crippen LogP contribution in [-0.4, -0.2) is 12.0 Å². The minimum Gasteiger partial charge on any atom is -0.481 e. The van der Waals surface area contributed by atoms with E-state index in [4.69, 9.17) is 4.74 Å². The molecule has 0 spiro atoms. The van der Waals surface area contributed by atoms with Gasteiger partial charge < -0.3 is 10.1 Å². The van der Waals surface area contributed by atoms with Gasteiger partial charge in [-0.25, -0.2) is 0 Å². The normalized spacial score (nSPS) is 13.2. The van der Waals surface area contributed by atoms with Crippen LogP contribution >= 0.6 is 0 Å². The van der Waals surface area contributed by atoms with E-state index in [9.17, 15) is 4.79 Å². The van der Waals surface area contributed by atoms with Gasteiger partial charge in [0.1, 0.15) is 5.75 Å². The lowest BCUT2D eigenvalue weighted by Crippen LogP contribution is -2.38. The molecule has 0 aliphatic carbocycles. The number of amides is 1. The molecule has 0 aromatic heterocycles. The summed E-state index contributed by atoms with van der Waals surface area (Å²) in [6.07, 6.45) is 0.299. The monoisotopic (exact) mass is 325 g/mol. The van der Waals surface area contributed by atoms with E-state index in [2.05, 4.69) is 25.2 Å². The van der Waals surface area contributed by atoms with Crippen molar-refractivity contribution in [3.63, 3.8) is 0 Å². The highest BCUT2D eigenvalue weighted by Gasteiger charge is 2.20. The summed E-state index contributed by atoms with van der Waals surface area (Å²) in [5, 5.41) is 3.09. The molecule has 3 heteroatoms. The van der Waals surface area contributed by atoms with Gasteiger partial charge in [0.25, 0.3) is 5.91 Å². The first-order valence-electron chi connectivity index (χ1n) is 8.52. The van der Waals surface area contributed by atoms with Crippen molar-refractivity contribution in [2.24, 2.45) is 0 Å². The molecule has 0 saturated heterocycles. The van der Waals surface area contributed by atoms with Crippen molar-refractivity contribution in [1.82, 2.24) is 5.32 Å². The lowest BCUT2D eigenvalue weighted by molar-refractivity contribution is -0.128. The Morgan fingerprint density at radius 2 is 1.79 bits per heavy atom. The first kappa shape index (κ1) is 18.1. The van der Waals surface area contributed by atoms with Crippen LogP contribution in [0.1, 0.15) is 48.6 Å². The smallest absolute Gasteiger partial charge is 0.261 e. The Kier molecular flexibility index (Phi) is 6.02. The van der Waals surface area contributed by atoms with E-state index < -0.39 is 6.10 Å². The van der Waals surface area contributed by atoms with E-state index in [0.29, 0.717) is 0 Å². The van der Waals surface area contributed by atoms with Crippen molar-refractivity contribution in [3.05, 3.63) is 64.7 Å². The summed E-state index contributed by atoms with van der Waals surface area (Å²) in [5.74, 6) is 0.687. The quantitative estimate of drug-likeness (QED) is 0.840. The van der Waals surface area contributed by atoms with Gasteiger partial charge in [0.05, 0.1) is 6.04 Å². The molecule has 2 rings (SSSR count). The summed E-state index contributed by atoms with van der Waals surface area (Å²) >= 11 is 0. The van der Waals surface area contributed by atoms with Gasteiger partial charge in [-0.3, -0.25) is 4.79 Å². The second-order valence-electron chi connectivity index (χ2n) is 6.35. The molecule has 0 aliphatic rings. The lowest BCUT2D eigenvalue weighted by atomic mass is 10.0. The summed E-state index contributed by atoms with van der Waals surface area (Å²) in [5.41, 5.74) is 4.50. The van der Waals surface area contributed by atoms with E-state index in [-0.39, 0.29) is 11.9 Å². The molecule has 1 amide bonds. The molecule has 128 valence electrons. The second-order valence-corrected chi connectivity index (χ2v) is 6.35. The van der Waals surface area contributed by atoms with Crippen LogP contribution in [-0.2, 0) is 4.79 Å². The maximum absolute atomic E-state index is 12.5. The molecule has 0 heterocycles. The summed E-state index contributed by atoms with van der Waals surface area (Å²) in [6.45, 7) is 9.98. The number of ether oxygens (including phenoxy) is 1. The van der Waals surface area contributed by atoms with E-state index in [1.54, 1.807) is 6.92 Å². The van der Waals surface area contributed by atoms with Crippen molar-refractivity contribution in [2.45, 2.75) is 53.2 Å². The van der Waals surface area contributed by atoms with Crippen LogP contribution in [0.15, 0.2) is 42.5 Å². The van der Waals surface area contributed by atoms with Gasteiger partial charge in [0.15, 0.2) is 6.10 Å². The minimum absolute atomic E-state index is 0.00472. The van der Waals surface area contributed by atoms with E-state index in [1.807, 2.05) is 50.2 Å². The third-order valence-corrected chi connectivity index (χ3v) is 4.36. The Morgan fingerprint density at radius 1 is 1.12 bits per heavy atom. The summed E-state index contributed by atoms with van der Waals surface area (Å²) in [7, 11) is 0. The number of carbonyl (C=O) groups excluding carboxylic acids is 1. The zero-order chi connectivity index (χ0) is 17.7. The van der Waals surface area contributed by atoms with Crippen LogP contribution in [0.5, 0.6) is 5.75 Å². The van der Waals surface area contributed by atoms with Crippen LogP contribution < -0.4 is 10.1 Å². The highest BCUT2D eigenvalue weighted by atomic mass is 16.5. The predicted octanol–water partition coefficient (Wildman–Crippen LogP) is 4.65. The first-order valence-corrected chi connectivity index (χ1v) is 8.52. The maximum Gasteiger partial charge on any atom is 0.261 e. The van der Waals surface area contributed by atoms with Crippen LogP contribution in [0.25, 0.3) is 0 Å². The minimum atomic E-state index is -0.539. The van der Waals surface area contributed by atoms with Crippen LogP contribution in [0.4, 0.5) is 0 Å². The highest BCUT2D eigenvalue weighted by molar-refractivity contribution is 5.81.